The van der Waals surface area contributed by atoms with E-state index in [2.05, 4.69) is 6.92 Å². The van der Waals surface area contributed by atoms with E-state index in [1.54, 1.807) is 18.2 Å². The molecule has 1 atom stereocenters. The number of carbonyl (C=O) groups excluding carboxylic acids is 1. The van der Waals surface area contributed by atoms with Gasteiger partial charge in [-0.05, 0) is 31.4 Å². The van der Waals surface area contributed by atoms with Crippen molar-refractivity contribution in [3.05, 3.63) is 23.8 Å². The van der Waals surface area contributed by atoms with E-state index in [0.29, 0.717) is 23.2 Å². The van der Waals surface area contributed by atoms with Crippen LogP contribution < -0.4 is 9.47 Å². The van der Waals surface area contributed by atoms with Gasteiger partial charge in [0.05, 0.1) is 14.2 Å². The second-order valence-corrected chi connectivity index (χ2v) is 10.0. The van der Waals surface area contributed by atoms with E-state index < -0.39 is 7.14 Å². The van der Waals surface area contributed by atoms with Crippen LogP contribution in [-0.2, 0) is 4.57 Å². The first-order valence-corrected chi connectivity index (χ1v) is 11.4. The van der Waals surface area contributed by atoms with Gasteiger partial charge in [-0.15, -0.1) is 0 Å². The van der Waals surface area contributed by atoms with E-state index in [1.165, 1.54) is 20.6 Å². The van der Waals surface area contributed by atoms with E-state index >= 15 is 0 Å². The maximum absolute atomic E-state index is 14.0. The van der Waals surface area contributed by atoms with Crippen molar-refractivity contribution in [2.75, 3.05) is 20.4 Å². The Kier molecular flexibility index (Phi) is 7.56. The molecule has 0 saturated heterocycles. The van der Waals surface area contributed by atoms with Crippen molar-refractivity contribution in [3.63, 3.8) is 0 Å². The number of hydrogen-bond donors (Lipinski definition) is 0. The SMILES string of the molecule is CCCCCP(=O)(C(=O)c1c(OC)cccc1OC)C1CCCCC1. The van der Waals surface area contributed by atoms with Crippen molar-refractivity contribution >= 4 is 12.7 Å². The lowest BCUT2D eigenvalue weighted by Gasteiger charge is -2.30. The van der Waals surface area contributed by atoms with Crippen LogP contribution in [0.1, 0.15) is 68.6 Å². The van der Waals surface area contributed by atoms with Gasteiger partial charge >= 0.3 is 0 Å². The van der Waals surface area contributed by atoms with Gasteiger partial charge in [0.1, 0.15) is 17.1 Å². The summed E-state index contributed by atoms with van der Waals surface area (Å²) < 4.78 is 24.8. The normalized spacial score (nSPS) is 17.7. The van der Waals surface area contributed by atoms with Gasteiger partial charge < -0.3 is 14.0 Å². The number of unbranched alkanes of at least 4 members (excludes halogenated alkanes) is 2. The van der Waals surface area contributed by atoms with Crippen LogP contribution in [0.4, 0.5) is 0 Å². The molecule has 0 bridgehead atoms. The van der Waals surface area contributed by atoms with Crippen molar-refractivity contribution < 1.29 is 18.8 Å². The van der Waals surface area contributed by atoms with E-state index in [1.807, 2.05) is 0 Å². The highest BCUT2D eigenvalue weighted by molar-refractivity contribution is 7.81. The molecule has 5 heteroatoms. The molecule has 1 aromatic carbocycles. The summed E-state index contributed by atoms with van der Waals surface area (Å²) in [6, 6.07) is 5.27. The van der Waals surface area contributed by atoms with Gasteiger partial charge in [0.15, 0.2) is 7.14 Å². The van der Waals surface area contributed by atoms with Crippen LogP contribution in [0.3, 0.4) is 0 Å². The molecular formula is C20H31O4P. The van der Waals surface area contributed by atoms with Crippen LogP contribution in [0.25, 0.3) is 0 Å². The predicted octanol–water partition coefficient (Wildman–Crippen LogP) is 5.73. The fourth-order valence-corrected chi connectivity index (χ4v) is 7.19. The zero-order valence-corrected chi connectivity index (χ0v) is 16.6. The minimum Gasteiger partial charge on any atom is -0.496 e. The predicted molar refractivity (Wildman–Crippen MR) is 103 cm³/mol. The molecule has 4 nitrogen and oxygen atoms in total. The van der Waals surface area contributed by atoms with Gasteiger partial charge in [-0.1, -0.05) is 45.1 Å². The highest BCUT2D eigenvalue weighted by Gasteiger charge is 2.42. The lowest BCUT2D eigenvalue weighted by Crippen LogP contribution is -2.21. The third-order valence-corrected chi connectivity index (χ3v) is 8.83. The molecule has 0 aliphatic heterocycles. The number of rotatable bonds is 9. The van der Waals surface area contributed by atoms with Crippen LogP contribution in [0.15, 0.2) is 18.2 Å². The Bertz CT molecular complexity index is 598. The Morgan fingerprint density at radius 1 is 1.08 bits per heavy atom. The summed E-state index contributed by atoms with van der Waals surface area (Å²) >= 11 is 0. The molecule has 1 unspecified atom stereocenters. The van der Waals surface area contributed by atoms with Gasteiger partial charge in [-0.3, -0.25) is 4.79 Å². The molecule has 0 heterocycles. The molecule has 0 aromatic heterocycles. The molecule has 0 spiro atoms. The number of carbonyl (C=O) groups is 1. The fourth-order valence-electron chi connectivity index (χ4n) is 3.80. The first-order chi connectivity index (χ1) is 12.1. The Labute approximate surface area is 151 Å². The van der Waals surface area contributed by atoms with Crippen molar-refractivity contribution in [2.24, 2.45) is 0 Å². The average Bonchev–Trinajstić information content (AvgIpc) is 2.67. The highest BCUT2D eigenvalue weighted by atomic mass is 31.2. The third kappa shape index (κ3) is 4.47. The Morgan fingerprint density at radius 2 is 1.68 bits per heavy atom. The van der Waals surface area contributed by atoms with Crippen LogP contribution in [-0.4, -0.2) is 31.6 Å². The largest absolute Gasteiger partial charge is 0.496 e. The number of methoxy groups -OCH3 is 2. The number of ether oxygens (including phenoxy) is 2. The second-order valence-electron chi connectivity index (χ2n) is 6.86. The van der Waals surface area contributed by atoms with Gasteiger partial charge in [0.2, 0.25) is 5.52 Å². The molecular weight excluding hydrogens is 335 g/mol. The maximum atomic E-state index is 14.0. The highest BCUT2D eigenvalue weighted by Crippen LogP contribution is 2.60. The zero-order valence-electron chi connectivity index (χ0n) is 15.8. The third-order valence-electron chi connectivity index (χ3n) is 5.24. The second kappa shape index (κ2) is 9.43. The lowest BCUT2D eigenvalue weighted by atomic mass is 10.0. The molecule has 1 aliphatic rings. The monoisotopic (exact) mass is 366 g/mol. The number of hydrogen-bond acceptors (Lipinski definition) is 4. The molecule has 140 valence electrons. The quantitative estimate of drug-likeness (QED) is 0.414. The summed E-state index contributed by atoms with van der Waals surface area (Å²) in [5.74, 6) is 0.909. The average molecular weight is 366 g/mol. The van der Waals surface area contributed by atoms with E-state index in [9.17, 15) is 9.36 Å². The van der Waals surface area contributed by atoms with Crippen molar-refractivity contribution in [2.45, 2.75) is 63.9 Å². The summed E-state index contributed by atoms with van der Waals surface area (Å²) in [5.41, 5.74) is 0.128. The fraction of sp³-hybridized carbons (Fsp3) is 0.650. The maximum Gasteiger partial charge on any atom is 0.229 e. The molecule has 25 heavy (non-hydrogen) atoms. The van der Waals surface area contributed by atoms with Crippen LogP contribution in [0.5, 0.6) is 11.5 Å². The molecule has 0 radical (unpaired) electrons. The summed E-state index contributed by atoms with van der Waals surface area (Å²) in [7, 11) is 0.0552. The smallest absolute Gasteiger partial charge is 0.229 e. The molecule has 2 rings (SSSR count). The van der Waals surface area contributed by atoms with Crippen molar-refractivity contribution in [1.29, 1.82) is 0 Å². The van der Waals surface area contributed by atoms with Gasteiger partial charge in [-0.25, -0.2) is 0 Å². The molecule has 1 aliphatic carbocycles. The first-order valence-electron chi connectivity index (χ1n) is 9.43. The van der Waals surface area contributed by atoms with E-state index in [0.717, 1.165) is 44.9 Å². The van der Waals surface area contributed by atoms with Crippen LogP contribution in [0, 0.1) is 0 Å². The summed E-state index contributed by atoms with van der Waals surface area (Å²) in [6.45, 7) is 2.12. The van der Waals surface area contributed by atoms with Crippen LogP contribution >= 0.6 is 7.14 Å². The first kappa shape index (κ1) is 20.0. The lowest BCUT2D eigenvalue weighted by molar-refractivity contribution is 0.106. The molecule has 1 aromatic rings. The Balaban J connectivity index is 2.43. The van der Waals surface area contributed by atoms with E-state index in [4.69, 9.17) is 9.47 Å². The van der Waals surface area contributed by atoms with Gasteiger partial charge in [-0.2, -0.15) is 0 Å². The number of benzene rings is 1. The summed E-state index contributed by atoms with van der Waals surface area (Å²) in [5, 5.41) is 0. The zero-order chi connectivity index (χ0) is 18.3. The Morgan fingerprint density at radius 3 is 2.20 bits per heavy atom. The van der Waals surface area contributed by atoms with Gasteiger partial charge in [0, 0.05) is 11.8 Å². The minimum absolute atomic E-state index is 0.0141. The molecule has 0 amide bonds. The standard InChI is InChI=1S/C20H31O4P/c1-4-5-9-15-25(22,16-11-7-6-8-12-16)20(21)19-17(23-2)13-10-14-18(19)24-3/h10,13-14,16H,4-9,11-12,15H2,1-3H3. The summed E-state index contributed by atoms with van der Waals surface area (Å²) in [4.78, 5) is 13.5. The Hall–Kier alpha value is -1.28. The topological polar surface area (TPSA) is 52.6 Å². The molecule has 1 fully saturated rings. The van der Waals surface area contributed by atoms with Crippen LogP contribution in [0.2, 0.25) is 0 Å². The van der Waals surface area contributed by atoms with E-state index in [-0.39, 0.29) is 11.2 Å². The molecule has 0 N–H and O–H groups in total. The summed E-state index contributed by atoms with van der Waals surface area (Å²) in [6.07, 6.45) is 8.51. The van der Waals surface area contributed by atoms with Crippen molar-refractivity contribution in [3.8, 4) is 11.5 Å². The van der Waals surface area contributed by atoms with Gasteiger partial charge in [0.25, 0.3) is 0 Å². The molecule has 1 saturated carbocycles. The van der Waals surface area contributed by atoms with Crippen molar-refractivity contribution in [1.82, 2.24) is 0 Å². The minimum atomic E-state index is -3.02.